The van der Waals surface area contributed by atoms with Crippen molar-refractivity contribution >= 4 is 11.3 Å². The minimum absolute atomic E-state index is 0.163. The molecule has 1 aromatic heterocycles. The Labute approximate surface area is 209 Å². The number of nitrogens with zero attached hydrogens (tertiary/aromatic N) is 2. The third-order valence-electron chi connectivity index (χ3n) is 8.29. The van der Waals surface area contributed by atoms with Gasteiger partial charge in [0, 0.05) is 16.9 Å². The number of likely N-dealkylation sites (tertiary alicyclic amines) is 1. The minimum Gasteiger partial charge on any atom is -0.395 e. The number of aromatic nitrogens is 1. The molecule has 1 saturated heterocycles. The molecular formula is C28H43N3O2S. The van der Waals surface area contributed by atoms with Crippen LogP contribution in [-0.4, -0.2) is 58.5 Å². The molecule has 188 valence electrons. The first-order chi connectivity index (χ1) is 16.1. The van der Waals surface area contributed by atoms with Gasteiger partial charge in [-0.3, -0.25) is 0 Å². The van der Waals surface area contributed by atoms with Gasteiger partial charge in [-0.2, -0.15) is 0 Å². The molecule has 4 N–H and O–H groups in total. The fourth-order valence-corrected chi connectivity index (χ4v) is 6.62. The second kappa shape index (κ2) is 10.4. The summed E-state index contributed by atoms with van der Waals surface area (Å²) >= 11 is 1.82. The van der Waals surface area contributed by atoms with Crippen LogP contribution in [0.2, 0.25) is 0 Å². The molecular weight excluding hydrogens is 442 g/mol. The smallest absolute Gasteiger partial charge is 0.0964 e. The van der Waals surface area contributed by atoms with E-state index in [2.05, 4.69) is 56.2 Å². The van der Waals surface area contributed by atoms with E-state index in [0.717, 1.165) is 44.6 Å². The number of hydrogen-bond donors (Lipinski definition) is 3. The standard InChI is InChI=1S/C28H43N3O2S/c1-27(2)11-12-28(3,4)22-16-20(7-8-21(22)27)24-18-34-26(30-24)19-9-14-31(15-10-19)13-5-6-25(33)23(29)17-32/h7-8,16,18-19,23,25,32-33H,5-6,9-15,17,29H2,1-4H3/t23-,25+/m0/s1. The third-order valence-corrected chi connectivity index (χ3v) is 9.29. The van der Waals surface area contributed by atoms with Crippen LogP contribution in [0.3, 0.4) is 0 Å². The summed E-state index contributed by atoms with van der Waals surface area (Å²) in [6, 6.07) is 6.51. The van der Waals surface area contributed by atoms with Gasteiger partial charge in [-0.15, -0.1) is 11.3 Å². The van der Waals surface area contributed by atoms with E-state index >= 15 is 0 Å². The maximum atomic E-state index is 9.94. The van der Waals surface area contributed by atoms with Gasteiger partial charge >= 0.3 is 0 Å². The normalized spacial score (nSPS) is 22.3. The summed E-state index contributed by atoms with van der Waals surface area (Å²) in [5, 5.41) is 22.5. The number of thiazole rings is 1. The number of piperidine rings is 1. The van der Waals surface area contributed by atoms with Gasteiger partial charge in [0.25, 0.3) is 0 Å². The Bertz CT molecular complexity index is 962. The highest BCUT2D eigenvalue weighted by Gasteiger charge is 2.37. The van der Waals surface area contributed by atoms with E-state index in [0.29, 0.717) is 12.3 Å². The van der Waals surface area contributed by atoms with E-state index in [-0.39, 0.29) is 17.4 Å². The van der Waals surface area contributed by atoms with Crippen LogP contribution < -0.4 is 5.73 Å². The lowest BCUT2D eigenvalue weighted by molar-refractivity contribution is 0.0943. The Morgan fingerprint density at radius 3 is 2.47 bits per heavy atom. The molecule has 5 nitrogen and oxygen atoms in total. The molecule has 0 spiro atoms. The van der Waals surface area contributed by atoms with E-state index in [1.165, 1.54) is 34.5 Å². The molecule has 0 amide bonds. The summed E-state index contributed by atoms with van der Waals surface area (Å²) in [6.07, 6.45) is 5.68. The Kier molecular flexibility index (Phi) is 7.85. The van der Waals surface area contributed by atoms with Crippen molar-refractivity contribution in [1.82, 2.24) is 9.88 Å². The third kappa shape index (κ3) is 5.57. The summed E-state index contributed by atoms with van der Waals surface area (Å²) < 4.78 is 0. The Morgan fingerprint density at radius 1 is 1.12 bits per heavy atom. The number of aliphatic hydroxyl groups is 2. The van der Waals surface area contributed by atoms with Gasteiger partial charge in [0.15, 0.2) is 0 Å². The molecule has 0 unspecified atom stereocenters. The van der Waals surface area contributed by atoms with Crippen molar-refractivity contribution in [1.29, 1.82) is 0 Å². The highest BCUT2D eigenvalue weighted by molar-refractivity contribution is 7.10. The van der Waals surface area contributed by atoms with Gasteiger partial charge in [-0.25, -0.2) is 4.98 Å². The highest BCUT2D eigenvalue weighted by Crippen LogP contribution is 2.47. The van der Waals surface area contributed by atoms with E-state index in [1.54, 1.807) is 0 Å². The van der Waals surface area contributed by atoms with E-state index in [4.69, 9.17) is 15.8 Å². The van der Waals surface area contributed by atoms with Gasteiger partial charge < -0.3 is 20.8 Å². The lowest BCUT2D eigenvalue weighted by Gasteiger charge is -2.42. The van der Waals surface area contributed by atoms with Crippen LogP contribution >= 0.6 is 11.3 Å². The van der Waals surface area contributed by atoms with Gasteiger partial charge in [0.2, 0.25) is 0 Å². The van der Waals surface area contributed by atoms with Gasteiger partial charge in [-0.05, 0) is 86.2 Å². The largest absolute Gasteiger partial charge is 0.395 e. The van der Waals surface area contributed by atoms with Crippen LogP contribution in [0.5, 0.6) is 0 Å². The van der Waals surface area contributed by atoms with Crippen molar-refractivity contribution in [2.45, 2.75) is 95.1 Å². The summed E-state index contributed by atoms with van der Waals surface area (Å²) in [5.41, 5.74) is 11.5. The minimum atomic E-state index is -0.614. The predicted molar refractivity (Wildman–Crippen MR) is 142 cm³/mol. The molecule has 2 aliphatic rings. The Hall–Kier alpha value is -1.31. The Morgan fingerprint density at radius 2 is 1.79 bits per heavy atom. The van der Waals surface area contributed by atoms with Gasteiger partial charge in [0.05, 0.1) is 29.5 Å². The summed E-state index contributed by atoms with van der Waals surface area (Å²) in [7, 11) is 0. The molecule has 0 radical (unpaired) electrons. The molecule has 1 fully saturated rings. The first-order valence-corrected chi connectivity index (χ1v) is 13.9. The SMILES string of the molecule is CC1(C)CCC(C)(C)c2cc(-c3csc(C4CCN(CCC[C@@H](O)[C@@H](N)CO)CC4)n3)ccc21. The summed E-state index contributed by atoms with van der Waals surface area (Å²) in [6.45, 7) is 12.5. The van der Waals surface area contributed by atoms with Crippen LogP contribution in [0.25, 0.3) is 11.3 Å². The van der Waals surface area contributed by atoms with Crippen molar-refractivity contribution in [3.05, 3.63) is 39.7 Å². The molecule has 6 heteroatoms. The average Bonchev–Trinajstić information content (AvgIpc) is 3.32. The fourth-order valence-electron chi connectivity index (χ4n) is 5.62. The average molecular weight is 486 g/mol. The second-order valence-corrected chi connectivity index (χ2v) is 12.7. The summed E-state index contributed by atoms with van der Waals surface area (Å²) in [5.74, 6) is 0.538. The van der Waals surface area contributed by atoms with Crippen molar-refractivity contribution in [2.24, 2.45) is 5.73 Å². The Balaban J connectivity index is 1.36. The quantitative estimate of drug-likeness (QED) is 0.500. The summed E-state index contributed by atoms with van der Waals surface area (Å²) in [4.78, 5) is 7.59. The monoisotopic (exact) mass is 485 g/mol. The van der Waals surface area contributed by atoms with Crippen LogP contribution in [0.1, 0.15) is 88.3 Å². The molecule has 2 heterocycles. The second-order valence-electron chi connectivity index (χ2n) is 11.8. The predicted octanol–water partition coefficient (Wildman–Crippen LogP) is 4.80. The van der Waals surface area contributed by atoms with Crippen molar-refractivity contribution < 1.29 is 10.2 Å². The highest BCUT2D eigenvalue weighted by atomic mass is 32.1. The fraction of sp³-hybridized carbons (Fsp3) is 0.679. The zero-order valence-electron chi connectivity index (χ0n) is 21.4. The number of aliphatic hydroxyl groups excluding tert-OH is 2. The molecule has 4 rings (SSSR count). The number of benzene rings is 1. The number of nitrogens with two attached hydrogens (primary N) is 1. The lowest BCUT2D eigenvalue weighted by Crippen LogP contribution is -2.39. The molecule has 1 aliphatic carbocycles. The van der Waals surface area contributed by atoms with E-state index < -0.39 is 12.1 Å². The van der Waals surface area contributed by atoms with Crippen LogP contribution in [0, 0.1) is 0 Å². The molecule has 1 aromatic carbocycles. The van der Waals surface area contributed by atoms with E-state index in [9.17, 15) is 5.11 Å². The van der Waals surface area contributed by atoms with Crippen molar-refractivity contribution in [3.63, 3.8) is 0 Å². The van der Waals surface area contributed by atoms with Crippen LogP contribution in [0.4, 0.5) is 0 Å². The molecule has 1 aliphatic heterocycles. The topological polar surface area (TPSA) is 82.6 Å². The zero-order valence-corrected chi connectivity index (χ0v) is 22.2. The number of hydrogen-bond acceptors (Lipinski definition) is 6. The first-order valence-electron chi connectivity index (χ1n) is 13.0. The number of rotatable bonds is 8. The maximum absolute atomic E-state index is 9.94. The van der Waals surface area contributed by atoms with Crippen LogP contribution in [-0.2, 0) is 10.8 Å². The molecule has 2 aromatic rings. The molecule has 2 atom stereocenters. The molecule has 34 heavy (non-hydrogen) atoms. The molecule has 0 bridgehead atoms. The zero-order chi connectivity index (χ0) is 24.5. The van der Waals surface area contributed by atoms with Gasteiger partial charge in [0.1, 0.15) is 0 Å². The van der Waals surface area contributed by atoms with E-state index in [1.807, 2.05) is 11.3 Å². The lowest BCUT2D eigenvalue weighted by atomic mass is 9.63. The first kappa shape index (κ1) is 25.8. The maximum Gasteiger partial charge on any atom is 0.0964 e. The molecule has 0 saturated carbocycles. The number of fused-ring (bicyclic) bond motifs is 1. The van der Waals surface area contributed by atoms with Crippen molar-refractivity contribution in [2.75, 3.05) is 26.2 Å². The van der Waals surface area contributed by atoms with Crippen molar-refractivity contribution in [3.8, 4) is 11.3 Å². The van der Waals surface area contributed by atoms with Crippen LogP contribution in [0.15, 0.2) is 23.6 Å². The van der Waals surface area contributed by atoms with Gasteiger partial charge in [-0.1, -0.05) is 39.8 Å².